The molecule has 4 N–H and O–H groups in total. The van der Waals surface area contributed by atoms with Gasteiger partial charge in [0.05, 0.1) is 19.9 Å². The van der Waals surface area contributed by atoms with E-state index in [4.69, 9.17) is 15.2 Å². The minimum Gasteiger partial charge on any atom is -0.493 e. The molecule has 3 rings (SSSR count). The Morgan fingerprint density at radius 3 is 2.60 bits per heavy atom. The van der Waals surface area contributed by atoms with Crippen LogP contribution in [0.25, 0.3) is 10.8 Å². The zero-order chi connectivity index (χ0) is 21.3. The fourth-order valence-corrected chi connectivity index (χ4v) is 2.74. The second kappa shape index (κ2) is 9.92. The largest absolute Gasteiger partial charge is 0.493 e. The second-order valence-corrected chi connectivity index (χ2v) is 6.37. The van der Waals surface area contributed by atoms with E-state index in [1.54, 1.807) is 18.2 Å². The highest BCUT2D eigenvalue weighted by atomic mass is 16.5. The van der Waals surface area contributed by atoms with E-state index in [0.29, 0.717) is 17.1 Å². The third-order valence-corrected chi connectivity index (χ3v) is 4.16. The lowest BCUT2D eigenvalue weighted by atomic mass is 10.1. The van der Waals surface area contributed by atoms with E-state index in [1.165, 1.54) is 13.3 Å². The first-order valence-corrected chi connectivity index (χ1v) is 9.19. The smallest absolute Gasteiger partial charge is 0.259 e. The summed E-state index contributed by atoms with van der Waals surface area (Å²) in [7, 11) is 1.49. The summed E-state index contributed by atoms with van der Waals surface area (Å²) in [5.41, 5.74) is 9.05. The van der Waals surface area contributed by atoms with Gasteiger partial charge in [-0.05, 0) is 46.7 Å². The van der Waals surface area contributed by atoms with Gasteiger partial charge in [-0.1, -0.05) is 30.3 Å². The van der Waals surface area contributed by atoms with E-state index >= 15 is 0 Å². The molecule has 0 saturated carbocycles. The number of benzene rings is 3. The molecule has 8 heteroatoms. The number of nitrogens with zero attached hydrogens (tertiary/aromatic N) is 1. The van der Waals surface area contributed by atoms with Gasteiger partial charge in [0, 0.05) is 5.69 Å². The van der Waals surface area contributed by atoms with Crippen LogP contribution in [0.1, 0.15) is 5.56 Å². The summed E-state index contributed by atoms with van der Waals surface area (Å²) in [5, 5.41) is 9.24. The summed E-state index contributed by atoms with van der Waals surface area (Å²) in [6.45, 7) is -0.195. The van der Waals surface area contributed by atoms with Gasteiger partial charge in [0.1, 0.15) is 0 Å². The number of nitrogens with two attached hydrogens (primary N) is 1. The Balaban J connectivity index is 1.54. The van der Waals surface area contributed by atoms with Crippen LogP contribution in [0.5, 0.6) is 11.5 Å². The normalized spacial score (nSPS) is 10.7. The van der Waals surface area contributed by atoms with E-state index in [1.807, 2.05) is 42.5 Å². The van der Waals surface area contributed by atoms with Crippen LogP contribution in [-0.2, 0) is 9.59 Å². The Labute approximate surface area is 173 Å². The molecule has 0 aliphatic heterocycles. The minimum absolute atomic E-state index is 0.0747. The van der Waals surface area contributed by atoms with Crippen molar-refractivity contribution < 1.29 is 19.1 Å². The first kappa shape index (κ1) is 20.7. The van der Waals surface area contributed by atoms with Gasteiger partial charge in [0.2, 0.25) is 0 Å². The number of amides is 2. The van der Waals surface area contributed by atoms with Crippen molar-refractivity contribution in [2.24, 2.45) is 10.8 Å². The van der Waals surface area contributed by atoms with Crippen LogP contribution in [0.15, 0.2) is 65.8 Å². The molecule has 154 valence electrons. The van der Waals surface area contributed by atoms with Crippen molar-refractivity contribution in [2.45, 2.75) is 0 Å². The molecule has 3 aromatic carbocycles. The molecule has 0 radical (unpaired) electrons. The highest BCUT2D eigenvalue weighted by Crippen LogP contribution is 2.27. The Morgan fingerprint density at radius 1 is 1.03 bits per heavy atom. The fraction of sp³-hybridized carbons (Fsp3) is 0.136. The molecule has 0 heterocycles. The number of hydrazone groups is 1. The number of methoxy groups -OCH3 is 1. The number of anilines is 1. The fourth-order valence-electron chi connectivity index (χ4n) is 2.74. The highest BCUT2D eigenvalue weighted by molar-refractivity contribution is 5.88. The summed E-state index contributed by atoms with van der Waals surface area (Å²) >= 11 is 0. The van der Waals surface area contributed by atoms with Crippen molar-refractivity contribution in [1.82, 2.24) is 5.43 Å². The van der Waals surface area contributed by atoms with Gasteiger partial charge in [-0.3, -0.25) is 9.59 Å². The molecule has 30 heavy (non-hydrogen) atoms. The maximum atomic E-state index is 12.0. The molecule has 0 saturated heterocycles. The maximum Gasteiger partial charge on any atom is 0.259 e. The Bertz CT molecular complexity index is 1080. The molecule has 0 unspecified atom stereocenters. The Morgan fingerprint density at radius 2 is 1.83 bits per heavy atom. The first-order chi connectivity index (χ1) is 14.5. The lowest BCUT2D eigenvalue weighted by molar-refractivity contribution is -0.120. The topological polar surface area (TPSA) is 115 Å². The van der Waals surface area contributed by atoms with Crippen LogP contribution in [0.3, 0.4) is 0 Å². The van der Waals surface area contributed by atoms with Gasteiger partial charge in [0.25, 0.3) is 11.8 Å². The summed E-state index contributed by atoms with van der Waals surface area (Å²) in [5.74, 6) is -0.0815. The molecule has 8 nitrogen and oxygen atoms in total. The zero-order valence-electron chi connectivity index (χ0n) is 16.4. The summed E-state index contributed by atoms with van der Waals surface area (Å²) in [6, 6.07) is 18.9. The zero-order valence-corrected chi connectivity index (χ0v) is 16.4. The third kappa shape index (κ3) is 5.71. The quantitative estimate of drug-likeness (QED) is 0.372. The number of carbonyl (C=O) groups excluding carboxylic acids is 2. The Kier molecular flexibility index (Phi) is 6.83. The number of primary amides is 1. The maximum absolute atomic E-state index is 12.0. The van der Waals surface area contributed by atoms with Gasteiger partial charge in [-0.2, -0.15) is 5.10 Å². The van der Waals surface area contributed by atoms with Crippen molar-refractivity contribution >= 4 is 34.5 Å². The van der Waals surface area contributed by atoms with Crippen LogP contribution >= 0.6 is 0 Å². The van der Waals surface area contributed by atoms with E-state index in [9.17, 15) is 9.59 Å². The number of fused-ring (bicyclic) bond motifs is 1. The lowest BCUT2D eigenvalue weighted by Gasteiger charge is -2.10. The number of hydrogen-bond acceptors (Lipinski definition) is 6. The molecule has 2 amide bonds. The van der Waals surface area contributed by atoms with Crippen molar-refractivity contribution in [3.05, 3.63) is 66.2 Å². The molecule has 0 aliphatic carbocycles. The molecule has 0 atom stereocenters. The van der Waals surface area contributed by atoms with Gasteiger partial charge in [-0.25, -0.2) is 5.43 Å². The Hall–Kier alpha value is -4.07. The van der Waals surface area contributed by atoms with Crippen molar-refractivity contribution in [2.75, 3.05) is 25.6 Å². The molecular formula is C22H22N4O4. The van der Waals surface area contributed by atoms with Crippen LogP contribution < -0.4 is 25.9 Å². The third-order valence-electron chi connectivity index (χ3n) is 4.16. The number of nitrogens with one attached hydrogen (secondary N) is 2. The number of carbonyl (C=O) groups is 2. The molecule has 0 bridgehead atoms. The van der Waals surface area contributed by atoms with E-state index < -0.39 is 5.91 Å². The minimum atomic E-state index is -0.595. The average Bonchev–Trinajstić information content (AvgIpc) is 2.76. The monoisotopic (exact) mass is 406 g/mol. The predicted octanol–water partition coefficient (Wildman–Crippen LogP) is 2.27. The van der Waals surface area contributed by atoms with E-state index in [2.05, 4.69) is 15.8 Å². The van der Waals surface area contributed by atoms with Crippen LogP contribution in [0, 0.1) is 0 Å². The summed E-state index contributed by atoms with van der Waals surface area (Å²) < 4.78 is 10.5. The number of rotatable bonds is 9. The summed E-state index contributed by atoms with van der Waals surface area (Å²) in [6.07, 6.45) is 1.46. The molecule has 0 spiro atoms. The molecule has 0 aliphatic rings. The van der Waals surface area contributed by atoms with Crippen molar-refractivity contribution in [3.8, 4) is 11.5 Å². The SMILES string of the molecule is COc1ccc(/C=N\NC(=O)CNc2ccc3ccccc3c2)cc1OCC(N)=O. The molecule has 3 aromatic rings. The van der Waals surface area contributed by atoms with E-state index in [-0.39, 0.29) is 19.1 Å². The van der Waals surface area contributed by atoms with Gasteiger partial charge in [-0.15, -0.1) is 0 Å². The number of hydrogen-bond donors (Lipinski definition) is 3. The first-order valence-electron chi connectivity index (χ1n) is 9.19. The van der Waals surface area contributed by atoms with E-state index in [0.717, 1.165) is 16.5 Å². The molecule has 0 aromatic heterocycles. The molecular weight excluding hydrogens is 384 g/mol. The highest BCUT2D eigenvalue weighted by Gasteiger charge is 2.07. The van der Waals surface area contributed by atoms with Crippen LogP contribution in [0.2, 0.25) is 0 Å². The summed E-state index contributed by atoms with van der Waals surface area (Å²) in [4.78, 5) is 22.9. The second-order valence-electron chi connectivity index (χ2n) is 6.37. The molecule has 0 fully saturated rings. The van der Waals surface area contributed by atoms with Gasteiger partial charge >= 0.3 is 0 Å². The predicted molar refractivity (Wildman–Crippen MR) is 116 cm³/mol. The van der Waals surface area contributed by atoms with Gasteiger partial charge in [0.15, 0.2) is 18.1 Å². The average molecular weight is 406 g/mol. The lowest BCUT2D eigenvalue weighted by Crippen LogP contribution is -2.25. The van der Waals surface area contributed by atoms with Crippen LogP contribution in [0.4, 0.5) is 5.69 Å². The van der Waals surface area contributed by atoms with Crippen LogP contribution in [-0.4, -0.2) is 38.3 Å². The standard InChI is InChI=1S/C22H22N4O4/c1-29-19-9-6-15(10-20(19)30-14-21(23)27)12-25-26-22(28)13-24-18-8-7-16-4-2-3-5-17(16)11-18/h2-12,24H,13-14H2,1H3,(H2,23,27)(H,26,28)/b25-12-. The van der Waals surface area contributed by atoms with Gasteiger partial charge < -0.3 is 20.5 Å². The number of ether oxygens (including phenoxy) is 2. The van der Waals surface area contributed by atoms with Crippen molar-refractivity contribution in [1.29, 1.82) is 0 Å². The van der Waals surface area contributed by atoms with Crippen molar-refractivity contribution in [3.63, 3.8) is 0 Å².